The molecule has 10 heavy (non-hydrogen) atoms. The molecule has 3 heteroatoms. The van der Waals surface area contributed by atoms with E-state index in [9.17, 15) is 0 Å². The molecule has 54 valence electrons. The third-order valence-electron chi connectivity index (χ3n) is 1.36. The molecule has 0 bridgehead atoms. The Balaban J connectivity index is 3.09. The van der Waals surface area contributed by atoms with Gasteiger partial charge in [-0.1, -0.05) is 15.9 Å². The monoisotopic (exact) mass is 200 g/mol. The van der Waals surface area contributed by atoms with Gasteiger partial charge in [0.15, 0.2) is 0 Å². The number of nitrogen functional groups attached to an aromatic ring is 1. The van der Waals surface area contributed by atoms with Gasteiger partial charge in [-0.05, 0) is 18.6 Å². The van der Waals surface area contributed by atoms with Crippen molar-refractivity contribution in [3.63, 3.8) is 0 Å². The largest absolute Gasteiger partial charge is 0.397 e. The smallest absolute Gasteiger partial charge is 0.0503 e. The van der Waals surface area contributed by atoms with Crippen molar-refractivity contribution in [1.29, 1.82) is 0 Å². The predicted molar refractivity (Wildman–Crippen MR) is 46.0 cm³/mol. The van der Waals surface area contributed by atoms with Crippen LogP contribution in [0.4, 0.5) is 5.69 Å². The molecule has 0 spiro atoms. The number of pyridine rings is 1. The number of anilines is 1. The number of nitrogens with zero attached hydrogens (tertiary/aromatic N) is 1. The van der Waals surface area contributed by atoms with Crippen LogP contribution in [-0.4, -0.2) is 4.98 Å². The van der Waals surface area contributed by atoms with Crippen molar-refractivity contribution in [2.24, 2.45) is 0 Å². The normalized spacial score (nSPS) is 9.80. The number of halogens is 1. The van der Waals surface area contributed by atoms with Crippen LogP contribution in [0, 0.1) is 6.92 Å². The summed E-state index contributed by atoms with van der Waals surface area (Å²) in [5.74, 6) is 0. The summed E-state index contributed by atoms with van der Waals surface area (Å²) in [6.45, 7) is 1.97. The Morgan fingerprint density at radius 1 is 1.70 bits per heavy atom. The van der Waals surface area contributed by atoms with Crippen LogP contribution in [0.15, 0.2) is 12.3 Å². The van der Waals surface area contributed by atoms with E-state index in [0.717, 1.165) is 22.3 Å². The zero-order valence-corrected chi connectivity index (χ0v) is 7.35. The van der Waals surface area contributed by atoms with Gasteiger partial charge >= 0.3 is 0 Å². The maximum absolute atomic E-state index is 5.52. The predicted octanol–water partition coefficient (Wildman–Crippen LogP) is 1.87. The fourth-order valence-corrected chi connectivity index (χ4v) is 1.30. The number of rotatable bonds is 1. The molecule has 0 aliphatic carbocycles. The van der Waals surface area contributed by atoms with Crippen molar-refractivity contribution in [3.8, 4) is 0 Å². The Hall–Kier alpha value is -0.570. The number of nitrogens with two attached hydrogens (primary N) is 1. The van der Waals surface area contributed by atoms with Crippen molar-refractivity contribution >= 4 is 21.6 Å². The molecule has 1 aromatic rings. The standard InChI is InChI=1S/C7H9BrN2/c1-5-6(3-8)2-7(9)4-10-5/h2,4H,3,9H2,1H3. The highest BCUT2D eigenvalue weighted by Gasteiger charge is 1.96. The molecule has 0 fully saturated rings. The second-order valence-corrected chi connectivity index (χ2v) is 2.71. The average molecular weight is 201 g/mol. The summed E-state index contributed by atoms with van der Waals surface area (Å²) in [6.07, 6.45) is 1.67. The van der Waals surface area contributed by atoms with Gasteiger partial charge in [0.1, 0.15) is 0 Å². The fraction of sp³-hybridized carbons (Fsp3) is 0.286. The fourth-order valence-electron chi connectivity index (χ4n) is 0.732. The van der Waals surface area contributed by atoms with E-state index in [0.29, 0.717) is 0 Å². The van der Waals surface area contributed by atoms with Crippen molar-refractivity contribution in [1.82, 2.24) is 4.98 Å². The lowest BCUT2D eigenvalue weighted by atomic mass is 10.2. The number of alkyl halides is 1. The van der Waals surface area contributed by atoms with E-state index in [1.54, 1.807) is 6.20 Å². The minimum Gasteiger partial charge on any atom is -0.397 e. The Morgan fingerprint density at radius 2 is 2.40 bits per heavy atom. The maximum atomic E-state index is 5.52. The van der Waals surface area contributed by atoms with E-state index >= 15 is 0 Å². The van der Waals surface area contributed by atoms with Crippen molar-refractivity contribution in [3.05, 3.63) is 23.5 Å². The van der Waals surface area contributed by atoms with E-state index in [2.05, 4.69) is 20.9 Å². The van der Waals surface area contributed by atoms with Crippen LogP contribution >= 0.6 is 15.9 Å². The quantitative estimate of drug-likeness (QED) is 0.704. The van der Waals surface area contributed by atoms with Gasteiger partial charge in [0.05, 0.1) is 11.9 Å². The lowest BCUT2D eigenvalue weighted by molar-refractivity contribution is 1.15. The molecule has 2 N–H and O–H groups in total. The summed E-state index contributed by atoms with van der Waals surface area (Å²) >= 11 is 3.35. The molecule has 1 rings (SSSR count). The summed E-state index contributed by atoms with van der Waals surface area (Å²) in [5.41, 5.74) is 8.43. The van der Waals surface area contributed by atoms with Crippen LogP contribution < -0.4 is 5.73 Å². The van der Waals surface area contributed by atoms with E-state index < -0.39 is 0 Å². The van der Waals surface area contributed by atoms with E-state index in [1.807, 2.05) is 13.0 Å². The Kier molecular flexibility index (Phi) is 2.27. The van der Waals surface area contributed by atoms with Crippen molar-refractivity contribution < 1.29 is 0 Å². The summed E-state index contributed by atoms with van der Waals surface area (Å²) in [7, 11) is 0. The molecule has 0 atom stereocenters. The lowest BCUT2D eigenvalue weighted by Gasteiger charge is -2.00. The van der Waals surface area contributed by atoms with Crippen LogP contribution in [0.25, 0.3) is 0 Å². The molecule has 0 aliphatic heterocycles. The molecule has 0 aromatic carbocycles. The topological polar surface area (TPSA) is 38.9 Å². The summed E-state index contributed by atoms with van der Waals surface area (Å²) in [5, 5.41) is 0.816. The molecule has 0 saturated carbocycles. The third kappa shape index (κ3) is 1.48. The molecule has 0 radical (unpaired) electrons. The maximum Gasteiger partial charge on any atom is 0.0503 e. The van der Waals surface area contributed by atoms with Crippen LogP contribution in [-0.2, 0) is 5.33 Å². The van der Waals surface area contributed by atoms with Crippen LogP contribution in [0.2, 0.25) is 0 Å². The van der Waals surface area contributed by atoms with Gasteiger partial charge in [0.25, 0.3) is 0 Å². The van der Waals surface area contributed by atoms with Gasteiger partial charge in [0.2, 0.25) is 0 Å². The number of hydrogen-bond acceptors (Lipinski definition) is 2. The first-order valence-corrected chi connectivity index (χ1v) is 4.13. The Labute approximate surface area is 68.6 Å². The van der Waals surface area contributed by atoms with Crippen molar-refractivity contribution in [2.75, 3.05) is 5.73 Å². The molecule has 0 saturated heterocycles. The molecular formula is C7H9BrN2. The number of aryl methyl sites for hydroxylation is 1. The van der Waals surface area contributed by atoms with Crippen LogP contribution in [0.5, 0.6) is 0 Å². The van der Waals surface area contributed by atoms with Crippen molar-refractivity contribution in [2.45, 2.75) is 12.3 Å². The first kappa shape index (κ1) is 7.54. The molecule has 1 aromatic heterocycles. The van der Waals surface area contributed by atoms with Gasteiger partial charge in [-0.25, -0.2) is 0 Å². The molecule has 2 nitrogen and oxygen atoms in total. The minimum atomic E-state index is 0.722. The summed E-state index contributed by atoms with van der Waals surface area (Å²) in [4.78, 5) is 4.09. The highest BCUT2D eigenvalue weighted by Crippen LogP contribution is 2.12. The highest BCUT2D eigenvalue weighted by molar-refractivity contribution is 9.08. The zero-order chi connectivity index (χ0) is 7.56. The minimum absolute atomic E-state index is 0.722. The van der Waals surface area contributed by atoms with Gasteiger partial charge in [-0.3, -0.25) is 4.98 Å². The summed E-state index contributed by atoms with van der Waals surface area (Å²) in [6, 6.07) is 1.93. The first-order valence-electron chi connectivity index (χ1n) is 3.01. The molecule has 0 aliphatic rings. The van der Waals surface area contributed by atoms with E-state index in [4.69, 9.17) is 5.73 Å². The van der Waals surface area contributed by atoms with Gasteiger partial charge in [-0.15, -0.1) is 0 Å². The SMILES string of the molecule is Cc1ncc(N)cc1CBr. The Morgan fingerprint density at radius 3 is 2.90 bits per heavy atom. The van der Waals surface area contributed by atoms with Gasteiger partial charge < -0.3 is 5.73 Å². The van der Waals surface area contributed by atoms with E-state index in [1.165, 1.54) is 0 Å². The molecule has 0 unspecified atom stereocenters. The second-order valence-electron chi connectivity index (χ2n) is 2.15. The number of hydrogen-bond donors (Lipinski definition) is 1. The van der Waals surface area contributed by atoms with Gasteiger partial charge in [-0.2, -0.15) is 0 Å². The summed E-state index contributed by atoms with van der Waals surface area (Å²) < 4.78 is 0. The lowest BCUT2D eigenvalue weighted by Crippen LogP contribution is -1.93. The van der Waals surface area contributed by atoms with Gasteiger partial charge in [0, 0.05) is 11.0 Å². The van der Waals surface area contributed by atoms with Crippen LogP contribution in [0.3, 0.4) is 0 Å². The Bertz CT molecular complexity index is 235. The average Bonchev–Trinajstić information content (AvgIpc) is 1.94. The zero-order valence-electron chi connectivity index (χ0n) is 5.76. The first-order chi connectivity index (χ1) is 4.74. The molecule has 1 heterocycles. The number of aromatic nitrogens is 1. The molecule has 0 amide bonds. The van der Waals surface area contributed by atoms with E-state index in [-0.39, 0.29) is 0 Å². The molecular weight excluding hydrogens is 192 g/mol. The van der Waals surface area contributed by atoms with Crippen LogP contribution in [0.1, 0.15) is 11.3 Å². The highest BCUT2D eigenvalue weighted by atomic mass is 79.9. The third-order valence-corrected chi connectivity index (χ3v) is 1.96. The second kappa shape index (κ2) is 3.01.